The second-order valence-corrected chi connectivity index (χ2v) is 15.1. The van der Waals surface area contributed by atoms with Crippen LogP contribution < -0.4 is 5.32 Å². The fourth-order valence-corrected chi connectivity index (χ4v) is 8.26. The molecular weight excluding hydrogens is 745 g/mol. The van der Waals surface area contributed by atoms with Gasteiger partial charge >= 0.3 is 12.1 Å². The van der Waals surface area contributed by atoms with Crippen LogP contribution in [0, 0.1) is 5.92 Å². The second kappa shape index (κ2) is 18.0. The highest BCUT2D eigenvalue weighted by Gasteiger charge is 2.41. The summed E-state index contributed by atoms with van der Waals surface area (Å²) in [6.07, 6.45) is -2.33. The van der Waals surface area contributed by atoms with Crippen molar-refractivity contribution < 1.29 is 43.6 Å². The quantitative estimate of drug-likeness (QED) is 0.0801. The lowest BCUT2D eigenvalue weighted by atomic mass is 9.91. The number of hydrogen-bond acceptors (Lipinski definition) is 9. The number of hydrogen-bond donors (Lipinski definition) is 3. The van der Waals surface area contributed by atoms with Gasteiger partial charge in [-0.1, -0.05) is 122 Å². The van der Waals surface area contributed by atoms with E-state index < -0.39 is 30.3 Å². The zero-order valence-electron chi connectivity index (χ0n) is 31.2. The van der Waals surface area contributed by atoms with Gasteiger partial charge in [-0.25, -0.2) is 9.59 Å². The Morgan fingerprint density at radius 2 is 1.51 bits per heavy atom. The van der Waals surface area contributed by atoms with E-state index in [9.17, 15) is 29.4 Å². The molecule has 2 heterocycles. The monoisotopic (exact) mass is 786 g/mol. The van der Waals surface area contributed by atoms with Crippen LogP contribution in [0.2, 0.25) is 0 Å². The van der Waals surface area contributed by atoms with E-state index in [1.807, 2.05) is 109 Å². The van der Waals surface area contributed by atoms with Gasteiger partial charge in [-0.2, -0.15) is 0 Å². The Morgan fingerprint density at radius 1 is 0.825 bits per heavy atom. The molecule has 2 aliphatic heterocycles. The van der Waals surface area contributed by atoms with Crippen molar-refractivity contribution in [1.29, 1.82) is 0 Å². The highest BCUT2D eigenvalue weighted by Crippen LogP contribution is 2.43. The summed E-state index contributed by atoms with van der Waals surface area (Å²) in [4.78, 5) is 52.6. The summed E-state index contributed by atoms with van der Waals surface area (Å²) in [6.45, 7) is 2.06. The number of aliphatic hydroxyl groups excluding tert-OH is 1. The van der Waals surface area contributed by atoms with E-state index >= 15 is 0 Å². The normalized spacial score (nSPS) is 20.7. The molecule has 5 aromatic carbocycles. The van der Waals surface area contributed by atoms with Crippen molar-refractivity contribution in [3.8, 4) is 11.1 Å². The number of benzene rings is 5. The summed E-state index contributed by atoms with van der Waals surface area (Å²) < 4.78 is 18.5. The van der Waals surface area contributed by atoms with Crippen LogP contribution in [0.25, 0.3) is 11.1 Å². The van der Waals surface area contributed by atoms with E-state index in [0.717, 1.165) is 38.9 Å². The number of rotatable bonds is 13. The molecule has 12 heteroatoms. The van der Waals surface area contributed by atoms with Crippen molar-refractivity contribution in [3.05, 3.63) is 161 Å². The number of amides is 3. The molecule has 0 aliphatic carbocycles. The molecule has 3 amide bonds. The molecule has 0 spiro atoms. The molecule has 5 unspecified atom stereocenters. The van der Waals surface area contributed by atoms with Crippen LogP contribution in [0.1, 0.15) is 63.9 Å². The van der Waals surface area contributed by atoms with Crippen molar-refractivity contribution in [2.24, 2.45) is 5.92 Å². The number of imide groups is 1. The molecule has 2 saturated heterocycles. The van der Waals surface area contributed by atoms with Crippen LogP contribution in [-0.2, 0) is 43.6 Å². The van der Waals surface area contributed by atoms with Gasteiger partial charge in [0, 0.05) is 22.1 Å². The molecule has 3 N–H and O–H groups in total. The fourth-order valence-electron chi connectivity index (χ4n) is 7.05. The van der Waals surface area contributed by atoms with Gasteiger partial charge in [-0.05, 0) is 45.5 Å². The van der Waals surface area contributed by atoms with Crippen molar-refractivity contribution in [2.75, 3.05) is 5.75 Å². The molecule has 5 aromatic rings. The maximum absolute atomic E-state index is 13.4. The molecule has 0 radical (unpaired) electrons. The maximum atomic E-state index is 13.4. The summed E-state index contributed by atoms with van der Waals surface area (Å²) in [7, 11) is 0. The molecule has 11 nitrogen and oxygen atoms in total. The van der Waals surface area contributed by atoms with Crippen molar-refractivity contribution in [1.82, 2.24) is 10.2 Å². The number of alkyl carbamates (subject to hydrolysis) is 1. The molecule has 0 aromatic heterocycles. The Morgan fingerprint density at radius 3 is 2.25 bits per heavy atom. The zero-order chi connectivity index (χ0) is 39.9. The van der Waals surface area contributed by atoms with Gasteiger partial charge in [0.05, 0.1) is 37.3 Å². The third kappa shape index (κ3) is 9.27. The molecular formula is C45H42N2O9S. The summed E-state index contributed by atoms with van der Waals surface area (Å²) in [6, 6.07) is 38.0. The van der Waals surface area contributed by atoms with E-state index in [2.05, 4.69) is 12.2 Å². The van der Waals surface area contributed by atoms with Crippen molar-refractivity contribution in [2.45, 2.75) is 62.5 Å². The number of carboxylic acid groups (broad SMARTS) is 1. The SMILES string of the molecule is CC1C(CSc2ccccc2C(=O)O)OC(c2ccc(-c3ccccc3CN3C(=O)CC(NC(=O)OCc4ccccc4)C3=O)cc2)OC1c1ccc(CO)cc1. The highest BCUT2D eigenvalue weighted by molar-refractivity contribution is 7.99. The van der Waals surface area contributed by atoms with Crippen LogP contribution in [0.4, 0.5) is 4.79 Å². The number of likely N-dealkylation sites (tertiary alicyclic amines) is 1. The van der Waals surface area contributed by atoms with E-state index in [1.165, 1.54) is 16.7 Å². The first kappa shape index (κ1) is 39.4. The lowest BCUT2D eigenvalue weighted by Gasteiger charge is -2.41. The van der Waals surface area contributed by atoms with Gasteiger partial charge < -0.3 is 29.7 Å². The van der Waals surface area contributed by atoms with Crippen LogP contribution in [0.5, 0.6) is 0 Å². The number of nitrogens with zero attached hydrogens (tertiary/aromatic N) is 1. The average Bonchev–Trinajstić information content (AvgIpc) is 3.50. The topological polar surface area (TPSA) is 152 Å². The first-order chi connectivity index (χ1) is 27.7. The third-order valence-electron chi connectivity index (χ3n) is 10.2. The van der Waals surface area contributed by atoms with Gasteiger partial charge in [0.25, 0.3) is 5.91 Å². The van der Waals surface area contributed by atoms with E-state index in [-0.39, 0.29) is 55.8 Å². The number of carbonyl (C=O) groups excluding carboxylic acids is 3. The second-order valence-electron chi connectivity index (χ2n) is 14.0. The van der Waals surface area contributed by atoms with Crippen molar-refractivity contribution in [3.63, 3.8) is 0 Å². The first-order valence-corrected chi connectivity index (χ1v) is 19.6. The number of thioether (sulfide) groups is 1. The Kier molecular flexibility index (Phi) is 12.4. The molecule has 0 bridgehead atoms. The summed E-state index contributed by atoms with van der Waals surface area (Å²) in [5.74, 6) is -1.48. The van der Waals surface area contributed by atoms with Gasteiger partial charge in [-0.3, -0.25) is 14.5 Å². The predicted octanol–water partition coefficient (Wildman–Crippen LogP) is 7.68. The number of carbonyl (C=O) groups is 4. The Labute approximate surface area is 334 Å². The number of ether oxygens (including phenoxy) is 3. The lowest BCUT2D eigenvalue weighted by Crippen LogP contribution is -2.41. The van der Waals surface area contributed by atoms with Crippen LogP contribution >= 0.6 is 11.8 Å². The molecule has 57 heavy (non-hydrogen) atoms. The summed E-state index contributed by atoms with van der Waals surface area (Å²) in [5, 5.41) is 21.9. The lowest BCUT2D eigenvalue weighted by molar-refractivity contribution is -0.268. The van der Waals surface area contributed by atoms with E-state index in [4.69, 9.17) is 14.2 Å². The van der Waals surface area contributed by atoms with Crippen LogP contribution in [-0.4, -0.2) is 56.9 Å². The third-order valence-corrected chi connectivity index (χ3v) is 11.4. The zero-order valence-corrected chi connectivity index (χ0v) is 32.0. The molecule has 5 atom stereocenters. The van der Waals surface area contributed by atoms with Gasteiger partial charge in [0.2, 0.25) is 5.91 Å². The molecule has 7 rings (SSSR count). The molecule has 292 valence electrons. The number of aliphatic hydroxyl groups is 1. The molecule has 2 fully saturated rings. The first-order valence-electron chi connectivity index (χ1n) is 18.6. The van der Waals surface area contributed by atoms with E-state index in [1.54, 1.807) is 18.2 Å². The Hall–Kier alpha value is -5.79. The van der Waals surface area contributed by atoms with Crippen molar-refractivity contribution >= 4 is 35.6 Å². The summed E-state index contributed by atoms with van der Waals surface area (Å²) in [5.41, 5.74) is 5.97. The Bertz CT molecular complexity index is 2210. The van der Waals surface area contributed by atoms with Crippen LogP contribution in [0.3, 0.4) is 0 Å². The van der Waals surface area contributed by atoms with Crippen LogP contribution in [0.15, 0.2) is 132 Å². The highest BCUT2D eigenvalue weighted by atomic mass is 32.2. The van der Waals surface area contributed by atoms with Gasteiger partial charge in [0.15, 0.2) is 6.29 Å². The Balaban J connectivity index is 1.06. The number of aromatic carboxylic acids is 1. The summed E-state index contributed by atoms with van der Waals surface area (Å²) >= 11 is 1.43. The van der Waals surface area contributed by atoms with Gasteiger partial charge in [-0.15, -0.1) is 11.8 Å². The fraction of sp³-hybridized carbons (Fsp3) is 0.244. The number of carboxylic acids is 1. The van der Waals surface area contributed by atoms with E-state index in [0.29, 0.717) is 10.6 Å². The average molecular weight is 787 g/mol. The largest absolute Gasteiger partial charge is 0.478 e. The molecule has 0 saturated carbocycles. The van der Waals surface area contributed by atoms with Gasteiger partial charge in [0.1, 0.15) is 12.6 Å². The number of nitrogens with one attached hydrogen (secondary N) is 1. The minimum Gasteiger partial charge on any atom is -0.478 e. The molecule has 2 aliphatic rings. The minimum atomic E-state index is -1.02. The predicted molar refractivity (Wildman–Crippen MR) is 213 cm³/mol. The minimum absolute atomic E-state index is 0.0284. The smallest absolute Gasteiger partial charge is 0.408 e. The maximum Gasteiger partial charge on any atom is 0.408 e. The standard InChI is InChI=1S/C45H42N2O9S/c1-28-38(27-57-39-14-8-7-13-36(39)43(51)52)55-44(56-41(28)32-17-15-29(25-48)16-18-32)33-21-19-31(20-22-33)35-12-6-5-11-34(35)24-47-40(49)23-37(42(47)50)46-45(53)54-26-30-9-3-2-4-10-30/h2-22,28,37-38,41,44,48H,23-27H2,1H3,(H,46,53)(H,51,52).